The minimum absolute atomic E-state index is 0.278. The predicted octanol–water partition coefficient (Wildman–Crippen LogP) is 3.36. The van der Waals surface area contributed by atoms with Crippen LogP contribution in [-0.4, -0.2) is 10.9 Å². The standard InChI is InChI=1S/C17H20N2O2/c1-2-3-4-5-13-6-8-15(9-7-13)19-17(21)14-10-11-18-16(20)12-14/h6-12H,2-5H2,1H3,(H,18,20)(H,19,21). The lowest BCUT2D eigenvalue weighted by Gasteiger charge is -2.06. The summed E-state index contributed by atoms with van der Waals surface area (Å²) in [5, 5.41) is 2.79. The molecule has 0 spiro atoms. The van der Waals surface area contributed by atoms with Gasteiger partial charge in [-0.3, -0.25) is 9.59 Å². The van der Waals surface area contributed by atoms with Crippen molar-refractivity contribution in [2.75, 3.05) is 5.32 Å². The van der Waals surface area contributed by atoms with E-state index in [0.717, 1.165) is 12.1 Å². The average Bonchev–Trinajstić information content (AvgIpc) is 2.49. The number of benzene rings is 1. The van der Waals surface area contributed by atoms with Crippen LogP contribution in [0.4, 0.5) is 5.69 Å². The predicted molar refractivity (Wildman–Crippen MR) is 84.7 cm³/mol. The Kier molecular flexibility index (Phi) is 5.32. The number of nitrogens with one attached hydrogen (secondary N) is 2. The fraction of sp³-hybridized carbons (Fsp3) is 0.294. The molecule has 0 unspecified atom stereocenters. The lowest BCUT2D eigenvalue weighted by Crippen LogP contribution is -2.15. The van der Waals surface area contributed by atoms with Crippen LogP contribution in [0, 0.1) is 0 Å². The number of H-pyrrole nitrogens is 1. The number of hydrogen-bond donors (Lipinski definition) is 2. The Balaban J connectivity index is 1.96. The second kappa shape index (κ2) is 7.43. The van der Waals surface area contributed by atoms with E-state index in [9.17, 15) is 9.59 Å². The summed E-state index contributed by atoms with van der Waals surface area (Å²) in [7, 11) is 0. The summed E-state index contributed by atoms with van der Waals surface area (Å²) in [6.07, 6.45) is 6.17. The van der Waals surface area contributed by atoms with Gasteiger partial charge in [0.25, 0.3) is 5.91 Å². The molecule has 0 bridgehead atoms. The zero-order chi connectivity index (χ0) is 15.1. The average molecular weight is 284 g/mol. The number of carbonyl (C=O) groups is 1. The van der Waals surface area contributed by atoms with E-state index in [0.29, 0.717) is 5.56 Å². The highest BCUT2D eigenvalue weighted by molar-refractivity contribution is 6.04. The van der Waals surface area contributed by atoms with Crippen molar-refractivity contribution >= 4 is 11.6 Å². The molecule has 0 radical (unpaired) electrons. The Morgan fingerprint density at radius 2 is 1.90 bits per heavy atom. The quantitative estimate of drug-likeness (QED) is 0.799. The molecule has 0 saturated heterocycles. The van der Waals surface area contributed by atoms with Gasteiger partial charge in [-0.1, -0.05) is 31.9 Å². The van der Waals surface area contributed by atoms with Gasteiger partial charge in [0.15, 0.2) is 0 Å². The van der Waals surface area contributed by atoms with Gasteiger partial charge in [-0.15, -0.1) is 0 Å². The summed E-state index contributed by atoms with van der Waals surface area (Å²) < 4.78 is 0. The van der Waals surface area contributed by atoms with Crippen LogP contribution in [0.5, 0.6) is 0 Å². The van der Waals surface area contributed by atoms with E-state index in [1.54, 1.807) is 6.07 Å². The van der Waals surface area contributed by atoms with Crippen molar-refractivity contribution in [3.8, 4) is 0 Å². The highest BCUT2D eigenvalue weighted by atomic mass is 16.2. The van der Waals surface area contributed by atoms with Crippen molar-refractivity contribution < 1.29 is 4.79 Å². The maximum absolute atomic E-state index is 12.0. The first-order valence-electron chi connectivity index (χ1n) is 7.28. The molecule has 4 heteroatoms. The summed E-state index contributed by atoms with van der Waals surface area (Å²) in [5.41, 5.74) is 2.08. The van der Waals surface area contributed by atoms with Crippen LogP contribution in [0.3, 0.4) is 0 Å². The van der Waals surface area contributed by atoms with E-state index in [4.69, 9.17) is 0 Å². The van der Waals surface area contributed by atoms with Crippen molar-refractivity contribution in [1.29, 1.82) is 0 Å². The first-order chi connectivity index (χ1) is 10.2. The molecule has 1 aromatic heterocycles. The summed E-state index contributed by atoms with van der Waals surface area (Å²) in [6.45, 7) is 2.19. The molecule has 1 aromatic carbocycles. The SMILES string of the molecule is CCCCCc1ccc(NC(=O)c2cc[nH]c(=O)c2)cc1. The second-order valence-corrected chi connectivity index (χ2v) is 5.05. The normalized spacial score (nSPS) is 10.3. The van der Waals surface area contributed by atoms with Gasteiger partial charge in [0.1, 0.15) is 0 Å². The van der Waals surface area contributed by atoms with Crippen molar-refractivity contribution in [1.82, 2.24) is 4.98 Å². The van der Waals surface area contributed by atoms with Gasteiger partial charge in [0.2, 0.25) is 5.56 Å². The van der Waals surface area contributed by atoms with Crippen molar-refractivity contribution in [3.05, 3.63) is 64.1 Å². The van der Waals surface area contributed by atoms with Crippen molar-refractivity contribution in [3.63, 3.8) is 0 Å². The molecule has 2 N–H and O–H groups in total. The molecular weight excluding hydrogens is 264 g/mol. The Morgan fingerprint density at radius 1 is 1.14 bits per heavy atom. The lowest BCUT2D eigenvalue weighted by atomic mass is 10.1. The Bertz CT molecular complexity index is 644. The number of hydrogen-bond acceptors (Lipinski definition) is 2. The molecule has 110 valence electrons. The third kappa shape index (κ3) is 4.60. The van der Waals surface area contributed by atoms with Crippen molar-refractivity contribution in [2.45, 2.75) is 32.6 Å². The number of unbranched alkanes of at least 4 members (excludes halogenated alkanes) is 2. The molecule has 21 heavy (non-hydrogen) atoms. The maximum atomic E-state index is 12.0. The van der Waals surface area contributed by atoms with Gasteiger partial charge < -0.3 is 10.3 Å². The molecule has 4 nitrogen and oxygen atoms in total. The fourth-order valence-corrected chi connectivity index (χ4v) is 2.12. The van der Waals surface area contributed by atoms with Crippen LogP contribution in [0.25, 0.3) is 0 Å². The molecule has 0 aliphatic rings. The third-order valence-corrected chi connectivity index (χ3v) is 3.32. The van der Waals surface area contributed by atoms with Crippen LogP contribution < -0.4 is 10.9 Å². The van der Waals surface area contributed by atoms with Crippen LogP contribution >= 0.6 is 0 Å². The van der Waals surface area contributed by atoms with Crippen molar-refractivity contribution in [2.24, 2.45) is 0 Å². The molecule has 1 heterocycles. The fourth-order valence-electron chi connectivity index (χ4n) is 2.12. The molecule has 0 fully saturated rings. The summed E-state index contributed by atoms with van der Waals surface area (Å²) >= 11 is 0. The highest BCUT2D eigenvalue weighted by Gasteiger charge is 2.06. The van der Waals surface area contributed by atoms with E-state index in [1.807, 2.05) is 24.3 Å². The van der Waals surface area contributed by atoms with Gasteiger partial charge >= 0.3 is 0 Å². The summed E-state index contributed by atoms with van der Waals surface area (Å²) in [5.74, 6) is -0.278. The second-order valence-electron chi connectivity index (χ2n) is 5.05. The number of pyridine rings is 1. The van der Waals surface area contributed by atoms with Crippen LogP contribution in [0.15, 0.2) is 47.4 Å². The molecule has 0 atom stereocenters. The van der Waals surface area contributed by atoms with Gasteiger partial charge in [0, 0.05) is 23.5 Å². The molecule has 0 aliphatic carbocycles. The van der Waals surface area contributed by atoms with Gasteiger partial charge in [-0.2, -0.15) is 0 Å². The minimum Gasteiger partial charge on any atom is -0.329 e. The van der Waals surface area contributed by atoms with E-state index in [1.165, 1.54) is 37.1 Å². The number of aromatic nitrogens is 1. The summed E-state index contributed by atoms with van der Waals surface area (Å²) in [4.78, 5) is 25.7. The number of aryl methyl sites for hydroxylation is 1. The Morgan fingerprint density at radius 3 is 2.57 bits per heavy atom. The Labute approximate surface area is 124 Å². The smallest absolute Gasteiger partial charge is 0.255 e. The zero-order valence-corrected chi connectivity index (χ0v) is 12.2. The van der Waals surface area contributed by atoms with Crippen LogP contribution in [0.1, 0.15) is 42.1 Å². The number of amides is 1. The van der Waals surface area contributed by atoms with E-state index < -0.39 is 0 Å². The Hall–Kier alpha value is -2.36. The van der Waals surface area contributed by atoms with Gasteiger partial charge in [-0.25, -0.2) is 0 Å². The van der Waals surface area contributed by atoms with E-state index in [2.05, 4.69) is 17.2 Å². The molecular formula is C17H20N2O2. The molecule has 2 rings (SSSR count). The molecule has 1 amide bonds. The minimum atomic E-state index is -0.283. The van der Waals surface area contributed by atoms with Gasteiger partial charge in [-0.05, 0) is 36.6 Å². The van der Waals surface area contributed by atoms with Crippen LogP contribution in [0.2, 0.25) is 0 Å². The molecule has 0 saturated carbocycles. The van der Waals surface area contributed by atoms with E-state index in [-0.39, 0.29) is 11.5 Å². The monoisotopic (exact) mass is 284 g/mol. The molecule has 0 aliphatic heterocycles. The highest BCUT2D eigenvalue weighted by Crippen LogP contribution is 2.13. The molecule has 2 aromatic rings. The lowest BCUT2D eigenvalue weighted by molar-refractivity contribution is 0.102. The topological polar surface area (TPSA) is 62.0 Å². The number of rotatable bonds is 6. The van der Waals surface area contributed by atoms with Gasteiger partial charge in [0.05, 0.1) is 0 Å². The zero-order valence-electron chi connectivity index (χ0n) is 12.2. The number of anilines is 1. The number of carbonyl (C=O) groups excluding carboxylic acids is 1. The first kappa shape index (κ1) is 15.0. The van der Waals surface area contributed by atoms with Crippen LogP contribution in [-0.2, 0) is 6.42 Å². The largest absolute Gasteiger partial charge is 0.329 e. The van der Waals surface area contributed by atoms with E-state index >= 15 is 0 Å². The maximum Gasteiger partial charge on any atom is 0.255 e. The third-order valence-electron chi connectivity index (χ3n) is 3.32. The number of aromatic amines is 1. The summed E-state index contributed by atoms with van der Waals surface area (Å²) in [6, 6.07) is 10.7. The first-order valence-corrected chi connectivity index (χ1v) is 7.28.